The molecule has 2 aromatic carbocycles. The van der Waals surface area contributed by atoms with Crippen LogP contribution < -0.4 is 9.47 Å². The van der Waals surface area contributed by atoms with Crippen LogP contribution in [0.4, 0.5) is 0 Å². The van der Waals surface area contributed by atoms with Gasteiger partial charge in [0, 0.05) is 29.6 Å². The van der Waals surface area contributed by atoms with E-state index in [4.69, 9.17) is 14.6 Å². The van der Waals surface area contributed by atoms with Crippen LogP contribution in [0, 0.1) is 19.3 Å². The highest BCUT2D eigenvalue weighted by atomic mass is 16.5. The average molecular weight is 478 g/mol. The number of rotatable bonds is 6. The summed E-state index contributed by atoms with van der Waals surface area (Å²) in [6.45, 7) is 9.42. The largest absolute Gasteiger partial charge is 0.493 e. The number of hydrogen-bond acceptors (Lipinski definition) is 6. The molecule has 2 aliphatic heterocycles. The number of hydrazone groups is 1. The number of ether oxygens (including phenoxy) is 2. The van der Waals surface area contributed by atoms with Gasteiger partial charge >= 0.3 is 0 Å². The Hall–Kier alpha value is -3.35. The van der Waals surface area contributed by atoms with Crippen LogP contribution in [0.25, 0.3) is 0 Å². The molecular weight excluding hydrogens is 442 g/mol. The molecule has 2 aromatic rings. The van der Waals surface area contributed by atoms with Crippen molar-refractivity contribution in [2.75, 3.05) is 27.3 Å². The number of amides is 1. The number of nitrogens with zero attached hydrogens (tertiary/aromatic N) is 3. The van der Waals surface area contributed by atoms with Crippen molar-refractivity contribution in [3.63, 3.8) is 0 Å². The van der Waals surface area contributed by atoms with Crippen LogP contribution in [-0.2, 0) is 4.79 Å². The Bertz CT molecular complexity index is 1130. The van der Waals surface area contributed by atoms with Crippen LogP contribution in [0.2, 0.25) is 0 Å². The summed E-state index contributed by atoms with van der Waals surface area (Å²) in [5.41, 5.74) is 4.20. The van der Waals surface area contributed by atoms with E-state index >= 15 is 0 Å². The summed E-state index contributed by atoms with van der Waals surface area (Å²) in [6.07, 6.45) is 2.53. The molecule has 1 atom stereocenters. The van der Waals surface area contributed by atoms with Gasteiger partial charge in [0.2, 0.25) is 0 Å². The molecule has 0 radical (unpaired) electrons. The normalized spacial score (nSPS) is 19.9. The first-order valence-corrected chi connectivity index (χ1v) is 12.1. The fraction of sp³-hybridized carbons (Fsp3) is 0.464. The van der Waals surface area contributed by atoms with Crippen LogP contribution in [0.5, 0.6) is 11.5 Å². The van der Waals surface area contributed by atoms with Crippen molar-refractivity contribution >= 4 is 17.9 Å². The third-order valence-electron chi connectivity index (χ3n) is 7.23. The minimum atomic E-state index is -0.479. The second-order valence-corrected chi connectivity index (χ2v) is 10.1. The number of aldehydes is 1. The highest BCUT2D eigenvalue weighted by molar-refractivity contribution is 6.07. The minimum Gasteiger partial charge on any atom is -0.493 e. The maximum absolute atomic E-state index is 13.1. The van der Waals surface area contributed by atoms with Gasteiger partial charge < -0.3 is 19.2 Å². The number of likely N-dealkylation sites (tertiary alicyclic amines) is 1. The van der Waals surface area contributed by atoms with Crippen molar-refractivity contribution in [3.05, 3.63) is 58.7 Å². The molecule has 2 aliphatic rings. The summed E-state index contributed by atoms with van der Waals surface area (Å²) in [5, 5.41) is 6.96. The monoisotopic (exact) mass is 477 g/mol. The molecule has 1 unspecified atom stereocenters. The standard InChI is InChI=1S/C28H35N3O4/c1-18-13-19(2)15-21(14-18)27(33)30-11-9-22(10-12-30)31-25(17-32)28(3,4)26(29-31)20-7-8-23(34-5)24(16-20)35-6/h7-8,13-17,22,25H,9-12H2,1-6H3. The number of carbonyl (C=O) groups excluding carboxylic acids is 2. The Balaban J connectivity index is 1.54. The van der Waals surface area contributed by atoms with E-state index in [9.17, 15) is 9.59 Å². The maximum Gasteiger partial charge on any atom is 0.253 e. The Labute approximate surface area is 207 Å². The molecule has 4 rings (SSSR count). The molecule has 0 aliphatic carbocycles. The summed E-state index contributed by atoms with van der Waals surface area (Å²) >= 11 is 0. The third kappa shape index (κ3) is 4.64. The van der Waals surface area contributed by atoms with Crippen LogP contribution in [0.1, 0.15) is 53.7 Å². The van der Waals surface area contributed by atoms with Crippen LogP contribution >= 0.6 is 0 Å². The van der Waals surface area contributed by atoms with Crippen molar-refractivity contribution in [2.45, 2.75) is 52.6 Å². The highest BCUT2D eigenvalue weighted by Crippen LogP contribution is 2.40. The van der Waals surface area contributed by atoms with Gasteiger partial charge in [-0.1, -0.05) is 31.0 Å². The van der Waals surface area contributed by atoms with Crippen molar-refractivity contribution in [1.82, 2.24) is 9.91 Å². The molecule has 0 spiro atoms. The lowest BCUT2D eigenvalue weighted by molar-refractivity contribution is -0.115. The van der Waals surface area contributed by atoms with Gasteiger partial charge in [0.15, 0.2) is 11.5 Å². The van der Waals surface area contributed by atoms with Crippen molar-refractivity contribution in [2.24, 2.45) is 10.5 Å². The second-order valence-electron chi connectivity index (χ2n) is 10.1. The van der Waals surface area contributed by atoms with E-state index in [2.05, 4.69) is 19.9 Å². The van der Waals surface area contributed by atoms with E-state index in [1.54, 1.807) is 14.2 Å². The predicted octanol–water partition coefficient (Wildman–Crippen LogP) is 4.24. The Morgan fingerprint density at radius 2 is 1.63 bits per heavy atom. The van der Waals surface area contributed by atoms with E-state index in [-0.39, 0.29) is 18.0 Å². The van der Waals surface area contributed by atoms with Gasteiger partial charge in [0.05, 0.1) is 26.0 Å². The maximum atomic E-state index is 13.1. The third-order valence-corrected chi connectivity index (χ3v) is 7.23. The first-order chi connectivity index (χ1) is 16.7. The summed E-state index contributed by atoms with van der Waals surface area (Å²) in [5.74, 6) is 1.35. The molecule has 7 nitrogen and oxygen atoms in total. The van der Waals surface area contributed by atoms with Crippen molar-refractivity contribution < 1.29 is 19.1 Å². The van der Waals surface area contributed by atoms with Crippen LogP contribution in [0.3, 0.4) is 0 Å². The van der Waals surface area contributed by atoms with Gasteiger partial charge in [-0.2, -0.15) is 5.10 Å². The average Bonchev–Trinajstić information content (AvgIpc) is 3.12. The Morgan fingerprint density at radius 1 is 1.00 bits per heavy atom. The molecular formula is C28H35N3O4. The second kappa shape index (κ2) is 9.72. The number of aryl methyl sites for hydroxylation is 2. The zero-order chi connectivity index (χ0) is 25.3. The number of benzene rings is 2. The molecule has 0 bridgehead atoms. The topological polar surface area (TPSA) is 71.4 Å². The highest BCUT2D eigenvalue weighted by Gasteiger charge is 2.47. The molecule has 1 saturated heterocycles. The van der Waals surface area contributed by atoms with Gasteiger partial charge in [-0.05, 0) is 57.0 Å². The van der Waals surface area contributed by atoms with Crippen molar-refractivity contribution in [3.8, 4) is 11.5 Å². The van der Waals surface area contributed by atoms with E-state index in [0.29, 0.717) is 24.6 Å². The van der Waals surface area contributed by atoms with E-state index in [1.165, 1.54) is 0 Å². The van der Waals surface area contributed by atoms with Gasteiger partial charge in [-0.15, -0.1) is 0 Å². The molecule has 0 saturated carbocycles. The lowest BCUT2D eigenvalue weighted by Gasteiger charge is -2.39. The lowest BCUT2D eigenvalue weighted by Crippen LogP contribution is -2.50. The quantitative estimate of drug-likeness (QED) is 0.582. The molecule has 35 heavy (non-hydrogen) atoms. The SMILES string of the molecule is COc1ccc(C2=NN(C3CCN(C(=O)c4cc(C)cc(C)c4)CC3)C(C=O)C2(C)C)cc1OC. The number of methoxy groups -OCH3 is 2. The lowest BCUT2D eigenvalue weighted by atomic mass is 9.78. The predicted molar refractivity (Wildman–Crippen MR) is 136 cm³/mol. The van der Waals surface area contributed by atoms with Gasteiger partial charge in [0.1, 0.15) is 12.3 Å². The fourth-order valence-electron chi connectivity index (χ4n) is 5.35. The smallest absolute Gasteiger partial charge is 0.253 e. The molecule has 2 heterocycles. The van der Waals surface area contributed by atoms with E-state index < -0.39 is 5.41 Å². The summed E-state index contributed by atoms with van der Waals surface area (Å²) in [7, 11) is 3.22. The van der Waals surface area contributed by atoms with E-state index in [1.807, 2.05) is 54.1 Å². The molecule has 0 aromatic heterocycles. The summed E-state index contributed by atoms with van der Waals surface area (Å²) in [6, 6.07) is 11.4. The molecule has 1 amide bonds. The zero-order valence-corrected chi connectivity index (χ0v) is 21.5. The van der Waals surface area contributed by atoms with Crippen LogP contribution in [-0.4, -0.2) is 67.2 Å². The number of hydrogen-bond donors (Lipinski definition) is 0. The summed E-state index contributed by atoms with van der Waals surface area (Å²) in [4.78, 5) is 27.3. The number of carbonyl (C=O) groups is 2. The van der Waals surface area contributed by atoms with Gasteiger partial charge in [-0.3, -0.25) is 9.80 Å². The Kier molecular flexibility index (Phi) is 6.88. The molecule has 1 fully saturated rings. The minimum absolute atomic E-state index is 0.0680. The first-order valence-electron chi connectivity index (χ1n) is 12.1. The Morgan fingerprint density at radius 3 is 2.20 bits per heavy atom. The number of piperidine rings is 1. The molecule has 0 N–H and O–H groups in total. The molecule has 7 heteroatoms. The summed E-state index contributed by atoms with van der Waals surface area (Å²) < 4.78 is 10.9. The first kappa shape index (κ1) is 24.8. The van der Waals surface area contributed by atoms with Crippen LogP contribution in [0.15, 0.2) is 41.5 Å². The zero-order valence-electron chi connectivity index (χ0n) is 21.5. The molecule has 186 valence electrons. The van der Waals surface area contributed by atoms with E-state index in [0.717, 1.165) is 47.1 Å². The van der Waals surface area contributed by atoms with Gasteiger partial charge in [-0.25, -0.2) is 0 Å². The van der Waals surface area contributed by atoms with Crippen molar-refractivity contribution in [1.29, 1.82) is 0 Å². The van der Waals surface area contributed by atoms with Gasteiger partial charge in [0.25, 0.3) is 5.91 Å². The fourth-order valence-corrected chi connectivity index (χ4v) is 5.35.